The van der Waals surface area contributed by atoms with Crippen molar-refractivity contribution in [2.45, 2.75) is 19.4 Å². The second-order valence-corrected chi connectivity index (χ2v) is 5.48. The van der Waals surface area contributed by atoms with Crippen LogP contribution < -0.4 is 15.4 Å². The average molecular weight is 336 g/mol. The fourth-order valence-corrected chi connectivity index (χ4v) is 2.73. The molecule has 23 heavy (non-hydrogen) atoms. The van der Waals surface area contributed by atoms with Crippen LogP contribution in [-0.4, -0.2) is 42.6 Å². The largest absolute Gasteiger partial charge is 0.496 e. The Balaban J connectivity index is 1.99. The first-order chi connectivity index (χ1) is 11.1. The third-order valence-corrected chi connectivity index (χ3v) is 3.78. The van der Waals surface area contributed by atoms with E-state index in [4.69, 9.17) is 21.7 Å². The van der Waals surface area contributed by atoms with E-state index in [1.165, 1.54) is 0 Å². The summed E-state index contributed by atoms with van der Waals surface area (Å²) < 4.78 is 10.6. The number of nitrogens with one attached hydrogen (secondary N) is 2. The molecule has 3 N–H and O–H groups in total. The molecule has 0 radical (unpaired) electrons. The van der Waals surface area contributed by atoms with E-state index in [1.54, 1.807) is 14.0 Å². The van der Waals surface area contributed by atoms with Gasteiger partial charge in [0, 0.05) is 12.1 Å². The van der Waals surface area contributed by atoms with Gasteiger partial charge in [-0.2, -0.15) is 0 Å². The Bertz CT molecular complexity index is 630. The van der Waals surface area contributed by atoms with E-state index in [0.717, 1.165) is 11.3 Å². The predicted octanol–water partition coefficient (Wildman–Crippen LogP) is 0.893. The standard InChI is InChI=1S/C16H20N2O4S/c1-10-14(12(9-19)18-16(23)17-10)15(20)22-8-7-11-5-3-4-6-13(11)21-2/h3-6,12,19H,7-9H2,1-2H3,(H2,17,18,23). The number of ether oxygens (including phenoxy) is 2. The minimum Gasteiger partial charge on any atom is -0.496 e. The Morgan fingerprint density at radius 3 is 2.83 bits per heavy atom. The molecule has 0 amide bonds. The second kappa shape index (κ2) is 7.94. The van der Waals surface area contributed by atoms with Crippen molar-refractivity contribution in [3.63, 3.8) is 0 Å². The van der Waals surface area contributed by atoms with Gasteiger partial charge in [-0.25, -0.2) is 4.79 Å². The molecule has 0 saturated heterocycles. The molecule has 2 rings (SSSR count). The minimum absolute atomic E-state index is 0.221. The summed E-state index contributed by atoms with van der Waals surface area (Å²) in [5.41, 5.74) is 1.92. The number of hydrogen-bond donors (Lipinski definition) is 3. The smallest absolute Gasteiger partial charge is 0.337 e. The highest BCUT2D eigenvalue weighted by atomic mass is 32.1. The van der Waals surface area contributed by atoms with Gasteiger partial charge in [-0.15, -0.1) is 0 Å². The van der Waals surface area contributed by atoms with Crippen molar-refractivity contribution >= 4 is 23.3 Å². The quantitative estimate of drug-likeness (QED) is 0.526. The molecule has 0 aliphatic carbocycles. The Labute approximate surface area is 140 Å². The zero-order valence-electron chi connectivity index (χ0n) is 13.1. The number of allylic oxidation sites excluding steroid dienone is 1. The number of carbonyl (C=O) groups excluding carboxylic acids is 1. The number of esters is 1. The van der Waals surface area contributed by atoms with Gasteiger partial charge in [0.25, 0.3) is 0 Å². The molecular formula is C16H20N2O4S. The molecule has 0 saturated carbocycles. The van der Waals surface area contributed by atoms with Gasteiger partial charge in [0.1, 0.15) is 5.75 Å². The lowest BCUT2D eigenvalue weighted by Crippen LogP contribution is -2.51. The number of aliphatic hydroxyl groups is 1. The van der Waals surface area contributed by atoms with Crippen LogP contribution in [-0.2, 0) is 16.0 Å². The number of para-hydroxylation sites is 1. The van der Waals surface area contributed by atoms with Crippen molar-refractivity contribution in [3.8, 4) is 5.75 Å². The number of aliphatic hydroxyl groups excluding tert-OH is 1. The third-order valence-electron chi connectivity index (χ3n) is 3.56. The average Bonchev–Trinajstić information content (AvgIpc) is 2.54. The highest BCUT2D eigenvalue weighted by Gasteiger charge is 2.29. The molecule has 0 fully saturated rings. The summed E-state index contributed by atoms with van der Waals surface area (Å²) in [5.74, 6) is 0.289. The lowest BCUT2D eigenvalue weighted by molar-refractivity contribution is -0.139. The molecule has 1 aliphatic rings. The van der Waals surface area contributed by atoms with Gasteiger partial charge in [-0.05, 0) is 30.8 Å². The number of benzene rings is 1. The minimum atomic E-state index is -0.553. The third kappa shape index (κ3) is 4.20. The van der Waals surface area contributed by atoms with Gasteiger partial charge >= 0.3 is 5.97 Å². The summed E-state index contributed by atoms with van der Waals surface area (Å²) in [7, 11) is 1.60. The van der Waals surface area contributed by atoms with Crippen LogP contribution in [0.15, 0.2) is 35.5 Å². The Kier molecular flexibility index (Phi) is 5.95. The van der Waals surface area contributed by atoms with Crippen LogP contribution in [0.1, 0.15) is 12.5 Å². The first-order valence-corrected chi connectivity index (χ1v) is 7.65. The summed E-state index contributed by atoms with van der Waals surface area (Å²) in [6, 6.07) is 7.03. The molecule has 0 spiro atoms. The monoisotopic (exact) mass is 336 g/mol. The maximum Gasteiger partial charge on any atom is 0.337 e. The molecule has 0 aromatic heterocycles. The zero-order valence-corrected chi connectivity index (χ0v) is 13.9. The van der Waals surface area contributed by atoms with Crippen molar-refractivity contribution in [1.29, 1.82) is 0 Å². The molecule has 1 aromatic rings. The lowest BCUT2D eigenvalue weighted by atomic mass is 10.0. The fourth-order valence-electron chi connectivity index (χ4n) is 2.44. The topological polar surface area (TPSA) is 79.8 Å². The summed E-state index contributed by atoms with van der Waals surface area (Å²) in [4.78, 5) is 12.3. The molecule has 1 atom stereocenters. The Hall–Kier alpha value is -2.12. The predicted molar refractivity (Wildman–Crippen MR) is 90.1 cm³/mol. The van der Waals surface area contributed by atoms with Gasteiger partial charge in [0.15, 0.2) is 5.11 Å². The van der Waals surface area contributed by atoms with Crippen LogP contribution in [0.25, 0.3) is 0 Å². The first-order valence-electron chi connectivity index (χ1n) is 7.25. The first kappa shape index (κ1) is 17.2. The number of thiocarbonyl (C=S) groups is 1. The maximum atomic E-state index is 12.3. The fraction of sp³-hybridized carbons (Fsp3) is 0.375. The molecular weight excluding hydrogens is 316 g/mol. The summed E-state index contributed by atoms with van der Waals surface area (Å²) in [6.45, 7) is 1.71. The van der Waals surface area contributed by atoms with E-state index in [1.807, 2.05) is 24.3 Å². The number of hydrogen-bond acceptors (Lipinski definition) is 5. The molecule has 1 unspecified atom stereocenters. The summed E-state index contributed by atoms with van der Waals surface area (Å²) in [6.07, 6.45) is 0.547. The normalized spacial score (nSPS) is 17.3. The maximum absolute atomic E-state index is 12.3. The van der Waals surface area contributed by atoms with E-state index in [2.05, 4.69) is 10.6 Å². The van der Waals surface area contributed by atoms with Gasteiger partial charge < -0.3 is 25.2 Å². The number of rotatable bonds is 6. The molecule has 7 heteroatoms. The van der Waals surface area contributed by atoms with Crippen molar-refractivity contribution in [2.24, 2.45) is 0 Å². The van der Waals surface area contributed by atoms with E-state index >= 15 is 0 Å². The van der Waals surface area contributed by atoms with Gasteiger partial charge in [0.2, 0.25) is 0 Å². The van der Waals surface area contributed by atoms with Crippen LogP contribution in [0.2, 0.25) is 0 Å². The van der Waals surface area contributed by atoms with Crippen molar-refractivity contribution in [2.75, 3.05) is 20.3 Å². The van der Waals surface area contributed by atoms with Gasteiger partial charge in [-0.3, -0.25) is 0 Å². The lowest BCUT2D eigenvalue weighted by Gasteiger charge is -2.28. The van der Waals surface area contributed by atoms with E-state index in [-0.39, 0.29) is 13.2 Å². The Morgan fingerprint density at radius 1 is 1.39 bits per heavy atom. The molecule has 1 aliphatic heterocycles. The second-order valence-electron chi connectivity index (χ2n) is 5.07. The van der Waals surface area contributed by atoms with E-state index < -0.39 is 12.0 Å². The van der Waals surface area contributed by atoms with Crippen LogP contribution in [0, 0.1) is 0 Å². The summed E-state index contributed by atoms with van der Waals surface area (Å²) >= 11 is 5.01. The highest BCUT2D eigenvalue weighted by molar-refractivity contribution is 7.80. The van der Waals surface area contributed by atoms with Crippen molar-refractivity contribution in [3.05, 3.63) is 41.1 Å². The molecule has 6 nitrogen and oxygen atoms in total. The summed E-state index contributed by atoms with van der Waals surface area (Å²) in [5, 5.41) is 15.5. The zero-order chi connectivity index (χ0) is 16.8. The van der Waals surface area contributed by atoms with E-state index in [9.17, 15) is 9.90 Å². The Morgan fingerprint density at radius 2 is 2.13 bits per heavy atom. The molecule has 1 aromatic carbocycles. The van der Waals surface area contributed by atoms with Crippen molar-refractivity contribution in [1.82, 2.24) is 10.6 Å². The van der Waals surface area contributed by atoms with Crippen LogP contribution in [0.4, 0.5) is 0 Å². The van der Waals surface area contributed by atoms with Crippen molar-refractivity contribution < 1.29 is 19.4 Å². The van der Waals surface area contributed by atoms with E-state index in [0.29, 0.717) is 22.8 Å². The molecule has 124 valence electrons. The van der Waals surface area contributed by atoms with Crippen LogP contribution >= 0.6 is 12.2 Å². The number of methoxy groups -OCH3 is 1. The van der Waals surface area contributed by atoms with Gasteiger partial charge in [-0.1, -0.05) is 18.2 Å². The van der Waals surface area contributed by atoms with Crippen LogP contribution in [0.3, 0.4) is 0 Å². The highest BCUT2D eigenvalue weighted by Crippen LogP contribution is 2.18. The molecule has 1 heterocycles. The molecule has 0 bridgehead atoms. The van der Waals surface area contributed by atoms with Gasteiger partial charge in [0.05, 0.1) is 31.9 Å². The number of carbonyl (C=O) groups is 1. The van der Waals surface area contributed by atoms with Crippen LogP contribution in [0.5, 0.6) is 5.75 Å². The SMILES string of the molecule is COc1ccccc1CCOC(=O)C1=C(C)NC(=S)NC1CO.